The van der Waals surface area contributed by atoms with Crippen LogP contribution in [0.3, 0.4) is 0 Å². The first-order valence-electron chi connectivity index (χ1n) is 8.82. The van der Waals surface area contributed by atoms with Crippen molar-refractivity contribution in [2.75, 3.05) is 24.6 Å². The minimum atomic E-state index is -3.66. The van der Waals surface area contributed by atoms with E-state index in [0.717, 1.165) is 16.8 Å². The number of anilines is 1. The molecule has 7 heteroatoms. The van der Waals surface area contributed by atoms with Gasteiger partial charge in [-0.15, -0.1) is 0 Å². The van der Waals surface area contributed by atoms with Gasteiger partial charge < -0.3 is 9.64 Å². The van der Waals surface area contributed by atoms with Crippen LogP contribution in [0.25, 0.3) is 0 Å². The quantitative estimate of drug-likeness (QED) is 0.752. The number of carbonyl (C=O) groups is 1. The summed E-state index contributed by atoms with van der Waals surface area (Å²) in [5.74, 6) is 0.481. The second kappa shape index (κ2) is 9.01. The van der Waals surface area contributed by atoms with Crippen LogP contribution < -0.4 is 14.4 Å². The van der Waals surface area contributed by atoms with Gasteiger partial charge in [-0.2, -0.15) is 0 Å². The van der Waals surface area contributed by atoms with Crippen LogP contribution in [-0.4, -0.2) is 34.0 Å². The maximum absolute atomic E-state index is 12.4. The Hall–Kier alpha value is -2.38. The van der Waals surface area contributed by atoms with E-state index < -0.39 is 10.0 Å². The zero-order valence-electron chi connectivity index (χ0n) is 16.2. The standard InChI is InChI=1S/C20H26N2O4S/c1-5-26-19-6-8-20(9-7-19)27(24,25)21-10-11-22(17(4)23)18-13-15(2)12-16(3)14-18/h6-9,12-14,21H,5,10-11H2,1-4H3. The number of nitrogens with one attached hydrogen (secondary N) is 1. The number of rotatable bonds is 8. The first-order chi connectivity index (χ1) is 12.7. The topological polar surface area (TPSA) is 75.7 Å². The van der Waals surface area contributed by atoms with Gasteiger partial charge in [-0.1, -0.05) is 6.07 Å². The highest BCUT2D eigenvalue weighted by atomic mass is 32.2. The van der Waals surface area contributed by atoms with Gasteiger partial charge in [-0.3, -0.25) is 4.79 Å². The number of benzene rings is 2. The Morgan fingerprint density at radius 1 is 1.07 bits per heavy atom. The normalized spacial score (nSPS) is 11.3. The molecule has 0 saturated heterocycles. The van der Waals surface area contributed by atoms with Gasteiger partial charge in [0.25, 0.3) is 0 Å². The Kier molecular flexibility index (Phi) is 6.98. The van der Waals surface area contributed by atoms with E-state index in [-0.39, 0.29) is 23.9 Å². The molecule has 27 heavy (non-hydrogen) atoms. The Morgan fingerprint density at radius 3 is 2.19 bits per heavy atom. The number of hydrogen-bond acceptors (Lipinski definition) is 4. The first kappa shape index (κ1) is 20.9. The molecule has 0 aromatic heterocycles. The van der Waals surface area contributed by atoms with Crippen LogP contribution in [-0.2, 0) is 14.8 Å². The van der Waals surface area contributed by atoms with Crippen LogP contribution in [0.2, 0.25) is 0 Å². The van der Waals surface area contributed by atoms with Gasteiger partial charge in [-0.05, 0) is 68.3 Å². The van der Waals surface area contributed by atoms with Crippen molar-refractivity contribution in [1.82, 2.24) is 4.72 Å². The fourth-order valence-electron chi connectivity index (χ4n) is 2.83. The monoisotopic (exact) mass is 390 g/mol. The number of sulfonamides is 1. The summed E-state index contributed by atoms with van der Waals surface area (Å²) in [5, 5.41) is 0. The van der Waals surface area contributed by atoms with Crippen molar-refractivity contribution in [3.05, 3.63) is 53.6 Å². The molecule has 0 aliphatic carbocycles. The van der Waals surface area contributed by atoms with E-state index >= 15 is 0 Å². The van der Waals surface area contributed by atoms with E-state index in [9.17, 15) is 13.2 Å². The third-order valence-corrected chi connectivity index (χ3v) is 5.45. The fraction of sp³-hybridized carbons (Fsp3) is 0.350. The molecule has 2 rings (SSSR count). The highest BCUT2D eigenvalue weighted by molar-refractivity contribution is 7.89. The highest BCUT2D eigenvalue weighted by Crippen LogP contribution is 2.19. The lowest BCUT2D eigenvalue weighted by molar-refractivity contribution is -0.116. The molecule has 6 nitrogen and oxygen atoms in total. The van der Waals surface area contributed by atoms with Crippen molar-refractivity contribution >= 4 is 21.6 Å². The second-order valence-electron chi connectivity index (χ2n) is 6.32. The van der Waals surface area contributed by atoms with Crippen molar-refractivity contribution < 1.29 is 17.9 Å². The van der Waals surface area contributed by atoms with Crippen molar-refractivity contribution in [2.24, 2.45) is 0 Å². The fourth-order valence-corrected chi connectivity index (χ4v) is 3.85. The lowest BCUT2D eigenvalue weighted by atomic mass is 10.1. The molecule has 0 bridgehead atoms. The minimum Gasteiger partial charge on any atom is -0.494 e. The molecule has 0 spiro atoms. The summed E-state index contributed by atoms with van der Waals surface area (Å²) in [4.78, 5) is 13.8. The summed E-state index contributed by atoms with van der Waals surface area (Å²) >= 11 is 0. The molecule has 2 aromatic rings. The molecule has 0 fully saturated rings. The van der Waals surface area contributed by atoms with Crippen molar-refractivity contribution in [3.8, 4) is 5.75 Å². The molecule has 2 aromatic carbocycles. The molecule has 0 aliphatic heterocycles. The average Bonchev–Trinajstić information content (AvgIpc) is 2.58. The molecular weight excluding hydrogens is 364 g/mol. The maximum atomic E-state index is 12.4. The molecule has 0 heterocycles. The lowest BCUT2D eigenvalue weighted by Crippen LogP contribution is -2.37. The van der Waals surface area contributed by atoms with Crippen LogP contribution in [0.5, 0.6) is 5.75 Å². The van der Waals surface area contributed by atoms with Crippen molar-refractivity contribution in [2.45, 2.75) is 32.6 Å². The Labute approximate surface area is 161 Å². The molecule has 1 amide bonds. The van der Waals surface area contributed by atoms with E-state index in [1.54, 1.807) is 17.0 Å². The van der Waals surface area contributed by atoms with Crippen LogP contribution >= 0.6 is 0 Å². The number of amides is 1. The number of nitrogens with zero attached hydrogens (tertiary/aromatic N) is 1. The molecule has 0 aliphatic rings. The van der Waals surface area contributed by atoms with Crippen LogP contribution in [0.15, 0.2) is 47.4 Å². The zero-order valence-corrected chi connectivity index (χ0v) is 17.0. The van der Waals surface area contributed by atoms with E-state index in [0.29, 0.717) is 12.4 Å². The molecule has 0 saturated carbocycles. The number of hydrogen-bond donors (Lipinski definition) is 1. The van der Waals surface area contributed by atoms with Crippen LogP contribution in [0.1, 0.15) is 25.0 Å². The molecule has 1 N–H and O–H groups in total. The summed E-state index contributed by atoms with van der Waals surface area (Å²) < 4.78 is 32.8. The lowest BCUT2D eigenvalue weighted by Gasteiger charge is -2.22. The predicted octanol–water partition coefficient (Wildman–Crippen LogP) is 3.03. The predicted molar refractivity (Wildman–Crippen MR) is 107 cm³/mol. The molecular formula is C20H26N2O4S. The van der Waals surface area contributed by atoms with E-state index in [1.165, 1.54) is 19.1 Å². The smallest absolute Gasteiger partial charge is 0.240 e. The molecule has 146 valence electrons. The second-order valence-corrected chi connectivity index (χ2v) is 8.09. The zero-order chi connectivity index (χ0) is 20.0. The van der Waals surface area contributed by atoms with Gasteiger partial charge in [0.15, 0.2) is 0 Å². The van der Waals surface area contributed by atoms with E-state index in [1.807, 2.05) is 39.0 Å². The Balaban J connectivity index is 2.06. The Morgan fingerprint density at radius 2 is 1.67 bits per heavy atom. The summed E-state index contributed by atoms with van der Waals surface area (Å²) in [6.45, 7) is 8.13. The highest BCUT2D eigenvalue weighted by Gasteiger charge is 2.16. The summed E-state index contributed by atoms with van der Waals surface area (Å²) in [5.41, 5.74) is 2.86. The van der Waals surface area contributed by atoms with Crippen molar-refractivity contribution in [3.63, 3.8) is 0 Å². The largest absolute Gasteiger partial charge is 0.494 e. The van der Waals surface area contributed by atoms with Gasteiger partial charge in [-0.25, -0.2) is 13.1 Å². The van der Waals surface area contributed by atoms with Crippen molar-refractivity contribution in [1.29, 1.82) is 0 Å². The van der Waals surface area contributed by atoms with E-state index in [2.05, 4.69) is 4.72 Å². The number of carbonyl (C=O) groups excluding carboxylic acids is 1. The van der Waals surface area contributed by atoms with Crippen LogP contribution in [0, 0.1) is 13.8 Å². The number of aryl methyl sites for hydroxylation is 2. The molecule has 0 unspecified atom stereocenters. The summed E-state index contributed by atoms with van der Waals surface area (Å²) in [6.07, 6.45) is 0. The van der Waals surface area contributed by atoms with Gasteiger partial charge in [0.1, 0.15) is 5.75 Å². The van der Waals surface area contributed by atoms with Crippen LogP contribution in [0.4, 0.5) is 5.69 Å². The maximum Gasteiger partial charge on any atom is 0.240 e. The van der Waals surface area contributed by atoms with Gasteiger partial charge in [0.2, 0.25) is 15.9 Å². The summed E-state index contributed by atoms with van der Waals surface area (Å²) in [6, 6.07) is 12.1. The Bertz CT molecular complexity index is 872. The van der Waals surface area contributed by atoms with Gasteiger partial charge in [0, 0.05) is 25.7 Å². The van der Waals surface area contributed by atoms with E-state index in [4.69, 9.17) is 4.74 Å². The third-order valence-electron chi connectivity index (χ3n) is 3.97. The number of ether oxygens (including phenoxy) is 1. The molecule has 0 atom stereocenters. The first-order valence-corrected chi connectivity index (χ1v) is 10.3. The third kappa shape index (κ3) is 5.80. The van der Waals surface area contributed by atoms with Gasteiger partial charge in [0.05, 0.1) is 11.5 Å². The average molecular weight is 391 g/mol. The van der Waals surface area contributed by atoms with Gasteiger partial charge >= 0.3 is 0 Å². The molecule has 0 radical (unpaired) electrons. The SMILES string of the molecule is CCOc1ccc(S(=O)(=O)NCCN(C(C)=O)c2cc(C)cc(C)c2)cc1. The minimum absolute atomic E-state index is 0.113. The summed E-state index contributed by atoms with van der Waals surface area (Å²) in [7, 11) is -3.66.